The van der Waals surface area contributed by atoms with E-state index in [0.29, 0.717) is 11.3 Å². The number of benzene rings is 1. The van der Waals surface area contributed by atoms with E-state index in [0.717, 1.165) is 51.8 Å². The summed E-state index contributed by atoms with van der Waals surface area (Å²) in [6, 6.07) is 10.7. The molecule has 0 saturated carbocycles. The molecule has 2 aliphatic rings. The van der Waals surface area contributed by atoms with Crippen LogP contribution in [-0.4, -0.2) is 50.3 Å². The molecule has 0 radical (unpaired) electrons. The second kappa shape index (κ2) is 8.02. The average Bonchev–Trinajstić information content (AvgIpc) is 3.25. The maximum absolute atomic E-state index is 5.64. The van der Waals surface area contributed by atoms with E-state index >= 15 is 0 Å². The van der Waals surface area contributed by atoms with Crippen molar-refractivity contribution in [1.29, 1.82) is 0 Å². The lowest BCUT2D eigenvalue weighted by atomic mass is 9.87. The van der Waals surface area contributed by atoms with Crippen LogP contribution in [0.5, 0.6) is 0 Å². The van der Waals surface area contributed by atoms with Crippen molar-refractivity contribution in [1.82, 2.24) is 10.2 Å². The van der Waals surface area contributed by atoms with Gasteiger partial charge in [-0.15, -0.1) is 0 Å². The van der Waals surface area contributed by atoms with Crippen molar-refractivity contribution < 1.29 is 4.74 Å². The number of likely N-dealkylation sites (tertiary alicyclic amines) is 1. The first-order valence-corrected chi connectivity index (χ1v) is 9.38. The van der Waals surface area contributed by atoms with Gasteiger partial charge in [0.2, 0.25) is 0 Å². The molecular weight excluding hydrogens is 298 g/mol. The van der Waals surface area contributed by atoms with Crippen LogP contribution in [0, 0.1) is 5.41 Å². The first-order chi connectivity index (χ1) is 11.7. The van der Waals surface area contributed by atoms with E-state index in [9.17, 15) is 0 Å². The van der Waals surface area contributed by atoms with Gasteiger partial charge in [0.05, 0.1) is 6.61 Å². The molecule has 2 aliphatic heterocycles. The van der Waals surface area contributed by atoms with E-state index in [2.05, 4.69) is 54.4 Å². The Morgan fingerprint density at radius 2 is 2.17 bits per heavy atom. The second-order valence-electron chi connectivity index (χ2n) is 7.31. The lowest BCUT2D eigenvalue weighted by Gasteiger charge is -2.25. The molecule has 3 rings (SSSR count). The number of rotatable bonds is 5. The molecule has 2 saturated heterocycles. The van der Waals surface area contributed by atoms with Crippen LogP contribution < -0.4 is 5.32 Å². The van der Waals surface area contributed by atoms with Crippen LogP contribution in [0.3, 0.4) is 0 Å². The number of hydrogen-bond donors (Lipinski definition) is 1. The van der Waals surface area contributed by atoms with E-state index in [1.165, 1.54) is 18.4 Å². The van der Waals surface area contributed by atoms with Gasteiger partial charge in [-0.2, -0.15) is 0 Å². The minimum Gasteiger partial charge on any atom is -0.381 e. The molecule has 2 fully saturated rings. The molecule has 132 valence electrons. The van der Waals surface area contributed by atoms with Crippen LogP contribution in [-0.2, 0) is 4.74 Å². The second-order valence-corrected chi connectivity index (χ2v) is 7.31. The van der Waals surface area contributed by atoms with Gasteiger partial charge in [-0.1, -0.05) is 37.3 Å². The normalized spacial score (nSPS) is 25.4. The Hall–Kier alpha value is -1.55. The van der Waals surface area contributed by atoms with E-state index in [4.69, 9.17) is 9.73 Å². The lowest BCUT2D eigenvalue weighted by molar-refractivity contribution is 0.156. The fourth-order valence-electron chi connectivity index (χ4n) is 3.83. The van der Waals surface area contributed by atoms with Gasteiger partial charge in [0.25, 0.3) is 0 Å². The van der Waals surface area contributed by atoms with Crippen molar-refractivity contribution in [2.75, 3.05) is 39.4 Å². The molecule has 0 bridgehead atoms. The fourth-order valence-corrected chi connectivity index (χ4v) is 3.83. The Morgan fingerprint density at radius 3 is 2.88 bits per heavy atom. The van der Waals surface area contributed by atoms with Crippen molar-refractivity contribution in [3.05, 3.63) is 35.9 Å². The molecule has 2 unspecified atom stereocenters. The van der Waals surface area contributed by atoms with Crippen LogP contribution in [0.25, 0.3) is 0 Å². The number of hydrogen-bond acceptors (Lipinski definition) is 2. The molecule has 1 N–H and O–H groups in total. The third-order valence-electron chi connectivity index (χ3n) is 5.45. The molecule has 1 spiro atoms. The van der Waals surface area contributed by atoms with Gasteiger partial charge in [0, 0.05) is 38.2 Å². The average molecular weight is 329 g/mol. The van der Waals surface area contributed by atoms with E-state index in [1.807, 2.05) is 0 Å². The molecule has 4 nitrogen and oxygen atoms in total. The van der Waals surface area contributed by atoms with Gasteiger partial charge >= 0.3 is 0 Å². The SMILES string of the molecule is CCNC(=NCCC(C)c1ccccc1)N1CCC2(CCOC2)C1. The topological polar surface area (TPSA) is 36.9 Å². The molecule has 1 aromatic rings. The third kappa shape index (κ3) is 4.10. The van der Waals surface area contributed by atoms with Crippen LogP contribution in [0.1, 0.15) is 44.6 Å². The quantitative estimate of drug-likeness (QED) is 0.665. The van der Waals surface area contributed by atoms with Gasteiger partial charge in [0.1, 0.15) is 0 Å². The summed E-state index contributed by atoms with van der Waals surface area (Å²) in [5.74, 6) is 1.63. The zero-order chi connectivity index (χ0) is 16.8. The van der Waals surface area contributed by atoms with Crippen molar-refractivity contribution in [3.63, 3.8) is 0 Å². The van der Waals surface area contributed by atoms with E-state index in [-0.39, 0.29) is 0 Å². The van der Waals surface area contributed by atoms with Gasteiger partial charge in [0.15, 0.2) is 5.96 Å². The summed E-state index contributed by atoms with van der Waals surface area (Å²) < 4.78 is 5.64. The molecule has 2 heterocycles. The highest BCUT2D eigenvalue weighted by Crippen LogP contribution is 2.38. The lowest BCUT2D eigenvalue weighted by Crippen LogP contribution is -2.41. The predicted octanol–water partition coefficient (Wildman–Crippen LogP) is 3.26. The molecule has 4 heteroatoms. The van der Waals surface area contributed by atoms with E-state index in [1.54, 1.807) is 0 Å². The van der Waals surface area contributed by atoms with Gasteiger partial charge < -0.3 is 15.0 Å². The first-order valence-electron chi connectivity index (χ1n) is 9.38. The Kier molecular flexibility index (Phi) is 5.77. The highest BCUT2D eigenvalue weighted by Gasteiger charge is 2.42. The standard InChI is InChI=1S/C20H31N3O/c1-3-21-19(23-13-10-20(15-23)11-14-24-16-20)22-12-9-17(2)18-7-5-4-6-8-18/h4-8,17H,3,9-16H2,1-2H3,(H,21,22). The summed E-state index contributed by atoms with van der Waals surface area (Å²) in [5, 5.41) is 3.48. The summed E-state index contributed by atoms with van der Waals surface area (Å²) in [4.78, 5) is 7.34. The summed E-state index contributed by atoms with van der Waals surface area (Å²) in [5.41, 5.74) is 1.79. The molecule has 1 aromatic carbocycles. The van der Waals surface area contributed by atoms with Crippen LogP contribution in [0.15, 0.2) is 35.3 Å². The number of ether oxygens (including phenoxy) is 1. The van der Waals surface area contributed by atoms with Crippen molar-refractivity contribution >= 4 is 5.96 Å². The molecule has 0 aromatic heterocycles. The summed E-state index contributed by atoms with van der Waals surface area (Å²) in [7, 11) is 0. The number of nitrogens with one attached hydrogen (secondary N) is 1. The smallest absolute Gasteiger partial charge is 0.193 e. The summed E-state index contributed by atoms with van der Waals surface area (Å²) in [6.45, 7) is 10.3. The largest absolute Gasteiger partial charge is 0.381 e. The van der Waals surface area contributed by atoms with Gasteiger partial charge in [-0.25, -0.2) is 0 Å². The minimum absolute atomic E-state index is 0.382. The first kappa shape index (κ1) is 17.3. The zero-order valence-corrected chi connectivity index (χ0v) is 15.1. The van der Waals surface area contributed by atoms with Crippen LogP contribution in [0.2, 0.25) is 0 Å². The maximum Gasteiger partial charge on any atom is 0.193 e. The Labute approximate surface area is 146 Å². The molecule has 0 aliphatic carbocycles. The van der Waals surface area contributed by atoms with Crippen molar-refractivity contribution in [2.24, 2.45) is 10.4 Å². The van der Waals surface area contributed by atoms with Crippen molar-refractivity contribution in [2.45, 2.75) is 39.0 Å². The van der Waals surface area contributed by atoms with Crippen LogP contribution in [0.4, 0.5) is 0 Å². The molecule has 0 amide bonds. The molecular formula is C20H31N3O. The van der Waals surface area contributed by atoms with E-state index < -0.39 is 0 Å². The summed E-state index contributed by atoms with van der Waals surface area (Å²) in [6.07, 6.45) is 3.52. The highest BCUT2D eigenvalue weighted by atomic mass is 16.5. The van der Waals surface area contributed by atoms with Crippen LogP contribution >= 0.6 is 0 Å². The maximum atomic E-state index is 5.64. The predicted molar refractivity (Wildman–Crippen MR) is 99.5 cm³/mol. The Bertz CT molecular complexity index is 537. The number of guanidine groups is 1. The summed E-state index contributed by atoms with van der Waals surface area (Å²) >= 11 is 0. The fraction of sp³-hybridized carbons (Fsp3) is 0.650. The Morgan fingerprint density at radius 1 is 1.33 bits per heavy atom. The minimum atomic E-state index is 0.382. The van der Waals surface area contributed by atoms with Crippen molar-refractivity contribution in [3.8, 4) is 0 Å². The molecule has 24 heavy (non-hydrogen) atoms. The number of aliphatic imine (C=N–C) groups is 1. The zero-order valence-electron chi connectivity index (χ0n) is 15.1. The van der Waals surface area contributed by atoms with Gasteiger partial charge in [-0.05, 0) is 37.7 Å². The molecule has 2 atom stereocenters. The third-order valence-corrected chi connectivity index (χ3v) is 5.45. The number of nitrogens with zero attached hydrogens (tertiary/aromatic N) is 2. The Balaban J connectivity index is 1.56. The monoisotopic (exact) mass is 329 g/mol. The van der Waals surface area contributed by atoms with Gasteiger partial charge in [-0.3, -0.25) is 4.99 Å². The highest BCUT2D eigenvalue weighted by molar-refractivity contribution is 5.80.